The molecule has 5 heteroatoms. The highest BCUT2D eigenvalue weighted by atomic mass is 16.3. The van der Waals surface area contributed by atoms with Gasteiger partial charge in [-0.15, -0.1) is 0 Å². The molecule has 1 aliphatic rings. The first-order chi connectivity index (χ1) is 10.6. The van der Waals surface area contributed by atoms with Crippen LogP contribution in [0.4, 0.5) is 10.5 Å². The smallest absolute Gasteiger partial charge is 0.317 e. The van der Waals surface area contributed by atoms with Crippen LogP contribution < -0.4 is 10.6 Å². The summed E-state index contributed by atoms with van der Waals surface area (Å²) in [6.07, 6.45) is 4.04. The van der Waals surface area contributed by atoms with Gasteiger partial charge in [-0.3, -0.25) is 0 Å². The number of carbonyl (C=O) groups is 1. The summed E-state index contributed by atoms with van der Waals surface area (Å²) in [5, 5.41) is 15.9. The van der Waals surface area contributed by atoms with Crippen LogP contribution in [0, 0.1) is 0 Å². The van der Waals surface area contributed by atoms with E-state index >= 15 is 0 Å². The standard InChI is InChI=1S/C17H27N3O2/c1-20(13-5-12-18-14-6-3-2-4-7-14)17(22)19-15-8-10-16(21)11-9-15/h2-4,6-7,15-16,18,21H,5,8-13H2,1H3,(H,19,22). The lowest BCUT2D eigenvalue weighted by Gasteiger charge is -2.28. The summed E-state index contributed by atoms with van der Waals surface area (Å²) in [7, 11) is 1.83. The first kappa shape index (κ1) is 16.6. The molecule has 0 saturated heterocycles. The first-order valence-corrected chi connectivity index (χ1v) is 8.14. The van der Waals surface area contributed by atoms with Crippen molar-refractivity contribution in [3.63, 3.8) is 0 Å². The molecule has 1 fully saturated rings. The molecule has 122 valence electrons. The van der Waals surface area contributed by atoms with E-state index < -0.39 is 0 Å². The maximum atomic E-state index is 12.1. The Bertz CT molecular complexity index is 444. The van der Waals surface area contributed by atoms with E-state index in [1.807, 2.05) is 37.4 Å². The molecule has 2 amide bonds. The maximum Gasteiger partial charge on any atom is 0.317 e. The zero-order valence-electron chi connectivity index (χ0n) is 13.3. The van der Waals surface area contributed by atoms with Gasteiger partial charge in [0.1, 0.15) is 0 Å². The third kappa shape index (κ3) is 5.56. The fourth-order valence-corrected chi connectivity index (χ4v) is 2.71. The van der Waals surface area contributed by atoms with Crippen LogP contribution in [-0.4, -0.2) is 48.3 Å². The molecule has 1 saturated carbocycles. The minimum absolute atomic E-state index is 0.0129. The van der Waals surface area contributed by atoms with E-state index in [9.17, 15) is 9.90 Å². The van der Waals surface area contributed by atoms with Gasteiger partial charge in [0.15, 0.2) is 0 Å². The number of aliphatic hydroxyl groups excluding tert-OH is 1. The summed E-state index contributed by atoms with van der Waals surface area (Å²) in [6.45, 7) is 1.57. The van der Waals surface area contributed by atoms with Crippen LogP contribution in [-0.2, 0) is 0 Å². The highest BCUT2D eigenvalue weighted by Gasteiger charge is 2.21. The van der Waals surface area contributed by atoms with Gasteiger partial charge in [-0.05, 0) is 44.2 Å². The summed E-state index contributed by atoms with van der Waals surface area (Å²) in [5.41, 5.74) is 1.11. The number of nitrogens with zero attached hydrogens (tertiary/aromatic N) is 1. The number of hydrogen-bond acceptors (Lipinski definition) is 3. The Morgan fingerprint density at radius 1 is 1.23 bits per heavy atom. The molecule has 0 radical (unpaired) electrons. The quantitative estimate of drug-likeness (QED) is 0.707. The summed E-state index contributed by atoms with van der Waals surface area (Å²) < 4.78 is 0. The van der Waals surface area contributed by atoms with Gasteiger partial charge in [-0.2, -0.15) is 0 Å². The van der Waals surface area contributed by atoms with E-state index in [1.165, 1.54) is 0 Å². The number of para-hydroxylation sites is 1. The summed E-state index contributed by atoms with van der Waals surface area (Å²) >= 11 is 0. The fourth-order valence-electron chi connectivity index (χ4n) is 2.71. The molecule has 2 rings (SSSR count). The minimum atomic E-state index is -0.185. The molecule has 0 aliphatic heterocycles. The van der Waals surface area contributed by atoms with Crippen molar-refractivity contribution < 1.29 is 9.90 Å². The number of anilines is 1. The number of urea groups is 1. The Kier molecular flexibility index (Phi) is 6.52. The molecule has 0 bridgehead atoms. The fraction of sp³-hybridized carbons (Fsp3) is 0.588. The van der Waals surface area contributed by atoms with Gasteiger partial charge in [-0.25, -0.2) is 4.79 Å². The number of rotatable bonds is 6. The molecule has 0 unspecified atom stereocenters. The lowest BCUT2D eigenvalue weighted by Crippen LogP contribution is -2.45. The monoisotopic (exact) mass is 305 g/mol. The third-order valence-electron chi connectivity index (χ3n) is 4.14. The molecule has 1 aromatic rings. The Labute approximate surface area is 132 Å². The van der Waals surface area contributed by atoms with Gasteiger partial charge in [0.25, 0.3) is 0 Å². The number of aliphatic hydroxyl groups is 1. The number of nitrogens with one attached hydrogen (secondary N) is 2. The summed E-state index contributed by atoms with van der Waals surface area (Å²) in [5.74, 6) is 0. The molecule has 3 N–H and O–H groups in total. The van der Waals surface area contributed by atoms with E-state index in [4.69, 9.17) is 0 Å². The molecule has 1 aromatic carbocycles. The van der Waals surface area contributed by atoms with Crippen LogP contribution in [0.25, 0.3) is 0 Å². The molecule has 0 heterocycles. The largest absolute Gasteiger partial charge is 0.393 e. The average molecular weight is 305 g/mol. The number of hydrogen-bond donors (Lipinski definition) is 3. The number of amides is 2. The molecular formula is C17H27N3O2. The highest BCUT2D eigenvalue weighted by Crippen LogP contribution is 2.18. The Balaban J connectivity index is 1.60. The van der Waals surface area contributed by atoms with Crippen LogP contribution >= 0.6 is 0 Å². The van der Waals surface area contributed by atoms with E-state index in [0.717, 1.165) is 50.9 Å². The zero-order valence-corrected chi connectivity index (χ0v) is 13.3. The van der Waals surface area contributed by atoms with E-state index in [1.54, 1.807) is 4.90 Å². The van der Waals surface area contributed by atoms with Gasteiger partial charge in [-0.1, -0.05) is 18.2 Å². The number of carbonyl (C=O) groups excluding carboxylic acids is 1. The molecule has 22 heavy (non-hydrogen) atoms. The highest BCUT2D eigenvalue weighted by molar-refractivity contribution is 5.74. The normalized spacial score (nSPS) is 21.2. The predicted molar refractivity (Wildman–Crippen MR) is 89.0 cm³/mol. The van der Waals surface area contributed by atoms with Crippen molar-refractivity contribution in [2.24, 2.45) is 0 Å². The van der Waals surface area contributed by atoms with Crippen LogP contribution in [0.5, 0.6) is 0 Å². The Hall–Kier alpha value is -1.75. The van der Waals surface area contributed by atoms with Crippen LogP contribution in [0.2, 0.25) is 0 Å². The van der Waals surface area contributed by atoms with Gasteiger partial charge < -0.3 is 20.6 Å². The predicted octanol–water partition coefficient (Wildman–Crippen LogP) is 2.43. The first-order valence-electron chi connectivity index (χ1n) is 8.14. The van der Waals surface area contributed by atoms with Crippen LogP contribution in [0.15, 0.2) is 30.3 Å². The molecule has 0 atom stereocenters. The van der Waals surface area contributed by atoms with Gasteiger partial charge in [0.2, 0.25) is 0 Å². The molecule has 0 aromatic heterocycles. The minimum Gasteiger partial charge on any atom is -0.393 e. The second-order valence-electron chi connectivity index (χ2n) is 6.02. The summed E-state index contributed by atoms with van der Waals surface area (Å²) in [6, 6.07) is 10.3. The van der Waals surface area contributed by atoms with Crippen molar-refractivity contribution in [1.29, 1.82) is 0 Å². The van der Waals surface area contributed by atoms with Gasteiger partial charge in [0, 0.05) is 31.9 Å². The Morgan fingerprint density at radius 3 is 2.59 bits per heavy atom. The van der Waals surface area contributed by atoms with E-state index in [-0.39, 0.29) is 18.2 Å². The zero-order chi connectivity index (χ0) is 15.8. The maximum absolute atomic E-state index is 12.1. The van der Waals surface area contributed by atoms with E-state index in [0.29, 0.717) is 0 Å². The molecular weight excluding hydrogens is 278 g/mol. The van der Waals surface area contributed by atoms with Crippen LogP contribution in [0.1, 0.15) is 32.1 Å². The van der Waals surface area contributed by atoms with E-state index in [2.05, 4.69) is 10.6 Å². The van der Waals surface area contributed by atoms with Crippen molar-refractivity contribution >= 4 is 11.7 Å². The SMILES string of the molecule is CN(CCCNc1ccccc1)C(=O)NC1CCC(O)CC1. The second kappa shape index (κ2) is 8.63. The van der Waals surface area contributed by atoms with Gasteiger partial charge in [0.05, 0.1) is 6.10 Å². The Morgan fingerprint density at radius 2 is 1.91 bits per heavy atom. The van der Waals surface area contributed by atoms with Crippen molar-refractivity contribution in [2.45, 2.75) is 44.2 Å². The molecule has 1 aliphatic carbocycles. The van der Waals surface area contributed by atoms with Crippen LogP contribution in [0.3, 0.4) is 0 Å². The third-order valence-corrected chi connectivity index (χ3v) is 4.14. The lowest BCUT2D eigenvalue weighted by atomic mass is 9.93. The van der Waals surface area contributed by atoms with Crippen molar-refractivity contribution in [3.8, 4) is 0 Å². The van der Waals surface area contributed by atoms with Crippen molar-refractivity contribution in [1.82, 2.24) is 10.2 Å². The summed E-state index contributed by atoms with van der Waals surface area (Å²) in [4.78, 5) is 13.8. The number of benzene rings is 1. The second-order valence-corrected chi connectivity index (χ2v) is 6.02. The van der Waals surface area contributed by atoms with Gasteiger partial charge >= 0.3 is 6.03 Å². The molecule has 0 spiro atoms. The topological polar surface area (TPSA) is 64.6 Å². The average Bonchev–Trinajstić information content (AvgIpc) is 2.54. The molecule has 5 nitrogen and oxygen atoms in total. The van der Waals surface area contributed by atoms with Crippen molar-refractivity contribution in [3.05, 3.63) is 30.3 Å². The lowest BCUT2D eigenvalue weighted by molar-refractivity contribution is 0.116. The van der Waals surface area contributed by atoms with Crippen molar-refractivity contribution in [2.75, 3.05) is 25.5 Å².